The lowest BCUT2D eigenvalue weighted by Gasteiger charge is -2.42. The summed E-state index contributed by atoms with van der Waals surface area (Å²) in [6, 6.07) is 2.08. The number of nitrogens with zero attached hydrogens (tertiary/aromatic N) is 1. The Hall–Kier alpha value is -0.0800. The van der Waals surface area contributed by atoms with Crippen LogP contribution in [0.3, 0.4) is 0 Å². The highest BCUT2D eigenvalue weighted by Crippen LogP contribution is 2.49. The van der Waals surface area contributed by atoms with Crippen molar-refractivity contribution < 1.29 is 0 Å². The van der Waals surface area contributed by atoms with E-state index in [1.54, 1.807) is 0 Å². The summed E-state index contributed by atoms with van der Waals surface area (Å²) in [5.74, 6) is 0. The Kier molecular flexibility index (Phi) is 2.61. The summed E-state index contributed by atoms with van der Waals surface area (Å²) in [6.07, 6.45) is 2.86. The maximum Gasteiger partial charge on any atom is 0.0169 e. The van der Waals surface area contributed by atoms with E-state index in [-0.39, 0.29) is 0 Å². The van der Waals surface area contributed by atoms with E-state index in [4.69, 9.17) is 0 Å². The molecule has 14 heavy (non-hydrogen) atoms. The molecule has 0 aromatic rings. The molecule has 1 aliphatic carbocycles. The number of hydrogen-bond acceptors (Lipinski definition) is 2. The van der Waals surface area contributed by atoms with E-state index in [9.17, 15) is 0 Å². The van der Waals surface area contributed by atoms with Crippen LogP contribution in [0.25, 0.3) is 0 Å². The van der Waals surface area contributed by atoms with Gasteiger partial charge in [-0.25, -0.2) is 0 Å². The third kappa shape index (κ3) is 1.96. The molecule has 1 heterocycles. The first-order valence-electron chi connectivity index (χ1n) is 6.01. The Bertz CT molecular complexity index is 200. The number of rotatable bonds is 2. The lowest BCUT2D eigenvalue weighted by molar-refractivity contribution is 0.0935. The third-order valence-corrected chi connectivity index (χ3v) is 4.18. The zero-order chi connectivity index (χ0) is 10.3. The van der Waals surface area contributed by atoms with E-state index in [0.717, 1.165) is 6.04 Å². The highest BCUT2D eigenvalue weighted by molar-refractivity contribution is 4.99. The van der Waals surface area contributed by atoms with E-state index < -0.39 is 0 Å². The standard InChI is InChI=1S/C12H24N2/c1-9-7-14(8-10(2)13-9)11(3)12(4)5-6-12/h9-11,13H,5-8H2,1-4H3. The van der Waals surface area contributed by atoms with E-state index in [1.807, 2.05) is 0 Å². The molecule has 0 radical (unpaired) electrons. The summed E-state index contributed by atoms with van der Waals surface area (Å²) in [5.41, 5.74) is 0.636. The maximum absolute atomic E-state index is 3.59. The normalized spacial score (nSPS) is 39.4. The zero-order valence-corrected chi connectivity index (χ0v) is 10.0. The van der Waals surface area contributed by atoms with Crippen molar-refractivity contribution in [1.29, 1.82) is 0 Å². The van der Waals surface area contributed by atoms with Crippen LogP contribution in [0.2, 0.25) is 0 Å². The molecule has 1 saturated heterocycles. The van der Waals surface area contributed by atoms with Crippen LogP contribution in [0, 0.1) is 5.41 Å². The average molecular weight is 196 g/mol. The molecule has 3 unspecified atom stereocenters. The SMILES string of the molecule is CC1CN(C(C)C2(C)CC2)CC(C)N1. The number of nitrogens with one attached hydrogen (secondary N) is 1. The van der Waals surface area contributed by atoms with Gasteiger partial charge in [0.15, 0.2) is 0 Å². The summed E-state index contributed by atoms with van der Waals surface area (Å²) in [4.78, 5) is 2.68. The molecule has 82 valence electrons. The van der Waals surface area contributed by atoms with Gasteiger partial charge >= 0.3 is 0 Å². The largest absolute Gasteiger partial charge is 0.309 e. The Labute approximate surface area is 88.1 Å². The average Bonchev–Trinajstić information content (AvgIpc) is 2.82. The second kappa shape index (κ2) is 3.49. The van der Waals surface area contributed by atoms with Gasteiger partial charge < -0.3 is 5.32 Å². The van der Waals surface area contributed by atoms with Crippen molar-refractivity contribution in [2.24, 2.45) is 5.41 Å². The summed E-state index contributed by atoms with van der Waals surface area (Å²) in [6.45, 7) is 11.9. The van der Waals surface area contributed by atoms with Gasteiger partial charge in [-0.3, -0.25) is 4.90 Å². The Morgan fingerprint density at radius 1 is 1.21 bits per heavy atom. The summed E-state index contributed by atoms with van der Waals surface area (Å²) >= 11 is 0. The smallest absolute Gasteiger partial charge is 0.0169 e. The molecule has 2 nitrogen and oxygen atoms in total. The van der Waals surface area contributed by atoms with Gasteiger partial charge in [0.1, 0.15) is 0 Å². The van der Waals surface area contributed by atoms with Crippen molar-refractivity contribution in [2.75, 3.05) is 13.1 Å². The van der Waals surface area contributed by atoms with Gasteiger partial charge in [0.2, 0.25) is 0 Å². The predicted molar refractivity (Wildman–Crippen MR) is 60.4 cm³/mol. The highest BCUT2D eigenvalue weighted by atomic mass is 15.2. The van der Waals surface area contributed by atoms with Crippen LogP contribution in [0.4, 0.5) is 0 Å². The molecular formula is C12H24N2. The van der Waals surface area contributed by atoms with Crippen molar-refractivity contribution in [3.8, 4) is 0 Å². The number of hydrogen-bond donors (Lipinski definition) is 1. The quantitative estimate of drug-likeness (QED) is 0.725. The molecular weight excluding hydrogens is 172 g/mol. The molecule has 0 spiro atoms. The molecule has 0 bridgehead atoms. The van der Waals surface area contributed by atoms with Gasteiger partial charge in [-0.1, -0.05) is 6.92 Å². The van der Waals surface area contributed by atoms with E-state index in [1.165, 1.54) is 25.9 Å². The molecule has 1 saturated carbocycles. The van der Waals surface area contributed by atoms with Crippen molar-refractivity contribution in [1.82, 2.24) is 10.2 Å². The van der Waals surface area contributed by atoms with E-state index in [0.29, 0.717) is 17.5 Å². The van der Waals surface area contributed by atoms with Gasteiger partial charge in [-0.15, -0.1) is 0 Å². The van der Waals surface area contributed by atoms with Gasteiger partial charge in [0.05, 0.1) is 0 Å². The summed E-state index contributed by atoms with van der Waals surface area (Å²) < 4.78 is 0. The van der Waals surface area contributed by atoms with Crippen LogP contribution in [0.5, 0.6) is 0 Å². The molecule has 0 amide bonds. The first kappa shape index (κ1) is 10.4. The minimum absolute atomic E-state index is 0.636. The van der Waals surface area contributed by atoms with Gasteiger partial charge in [-0.05, 0) is 39.0 Å². The Morgan fingerprint density at radius 2 is 1.71 bits per heavy atom. The monoisotopic (exact) mass is 196 g/mol. The molecule has 0 aromatic heterocycles. The molecule has 2 aliphatic rings. The van der Waals surface area contributed by atoms with Crippen molar-refractivity contribution in [2.45, 2.75) is 58.7 Å². The van der Waals surface area contributed by atoms with Crippen molar-refractivity contribution in [3.05, 3.63) is 0 Å². The van der Waals surface area contributed by atoms with Crippen LogP contribution in [-0.2, 0) is 0 Å². The predicted octanol–water partition coefficient (Wildman–Crippen LogP) is 1.86. The zero-order valence-electron chi connectivity index (χ0n) is 10.0. The lowest BCUT2D eigenvalue weighted by Crippen LogP contribution is -2.57. The van der Waals surface area contributed by atoms with Gasteiger partial charge in [0, 0.05) is 31.2 Å². The van der Waals surface area contributed by atoms with Crippen LogP contribution < -0.4 is 5.32 Å². The minimum atomic E-state index is 0.636. The lowest BCUT2D eigenvalue weighted by atomic mass is 9.97. The Balaban J connectivity index is 1.96. The topological polar surface area (TPSA) is 15.3 Å². The number of piperazine rings is 1. The van der Waals surface area contributed by atoms with Gasteiger partial charge in [0.25, 0.3) is 0 Å². The Morgan fingerprint density at radius 3 is 2.14 bits per heavy atom. The van der Waals surface area contributed by atoms with Gasteiger partial charge in [-0.2, -0.15) is 0 Å². The molecule has 2 heteroatoms. The van der Waals surface area contributed by atoms with E-state index in [2.05, 4.69) is 37.9 Å². The molecule has 0 aromatic carbocycles. The van der Waals surface area contributed by atoms with Crippen molar-refractivity contribution >= 4 is 0 Å². The second-order valence-corrected chi connectivity index (χ2v) is 5.75. The fraction of sp³-hybridized carbons (Fsp3) is 1.00. The fourth-order valence-electron chi connectivity index (χ4n) is 2.74. The molecule has 3 atom stereocenters. The van der Waals surface area contributed by atoms with Crippen LogP contribution in [-0.4, -0.2) is 36.1 Å². The highest BCUT2D eigenvalue weighted by Gasteiger charge is 2.45. The molecule has 2 rings (SSSR count). The molecule has 2 fully saturated rings. The second-order valence-electron chi connectivity index (χ2n) is 5.75. The first-order valence-corrected chi connectivity index (χ1v) is 6.01. The first-order chi connectivity index (χ1) is 6.51. The maximum atomic E-state index is 3.59. The molecule has 1 N–H and O–H groups in total. The minimum Gasteiger partial charge on any atom is -0.309 e. The summed E-state index contributed by atoms with van der Waals surface area (Å²) in [5, 5.41) is 3.59. The van der Waals surface area contributed by atoms with Crippen LogP contribution in [0.15, 0.2) is 0 Å². The third-order valence-electron chi connectivity index (χ3n) is 4.18. The summed E-state index contributed by atoms with van der Waals surface area (Å²) in [7, 11) is 0. The van der Waals surface area contributed by atoms with Crippen LogP contribution >= 0.6 is 0 Å². The molecule has 1 aliphatic heterocycles. The van der Waals surface area contributed by atoms with Crippen molar-refractivity contribution in [3.63, 3.8) is 0 Å². The fourth-order valence-corrected chi connectivity index (χ4v) is 2.74. The van der Waals surface area contributed by atoms with E-state index >= 15 is 0 Å². The van der Waals surface area contributed by atoms with Crippen LogP contribution in [0.1, 0.15) is 40.5 Å².